The van der Waals surface area contributed by atoms with Gasteiger partial charge in [-0.05, 0) is 23.8 Å². The number of nitrogens with zero attached hydrogens (tertiary/aromatic N) is 2. The Morgan fingerprint density at radius 3 is 2.54 bits per heavy atom. The van der Waals surface area contributed by atoms with Crippen LogP contribution in [0.15, 0.2) is 41.4 Å². The molecule has 0 aliphatic carbocycles. The van der Waals surface area contributed by atoms with Crippen molar-refractivity contribution >= 4 is 29.8 Å². The summed E-state index contributed by atoms with van der Waals surface area (Å²) in [5.74, 6) is 1.31. The number of hydrogen-bond acceptors (Lipinski definition) is 3. The van der Waals surface area contributed by atoms with Crippen LogP contribution in [0.5, 0.6) is 5.75 Å². The minimum Gasteiger partial charge on any atom is -0.496 e. The standard InChI is InChI=1S/C18H18ClFN2O.ClH/c1-22(2)16-10-12-11(6-4-9-15(12)23-3)18(21-16)17-13(19)7-5-8-14(17)20;/h4-9,18H,10H2,1-3H3;1H. The molecule has 0 amide bonds. The summed E-state index contributed by atoms with van der Waals surface area (Å²) in [4.78, 5) is 6.69. The molecule has 3 rings (SSSR count). The third-order valence-corrected chi connectivity index (χ3v) is 4.42. The zero-order chi connectivity index (χ0) is 16.6. The molecule has 0 N–H and O–H groups in total. The van der Waals surface area contributed by atoms with Crippen molar-refractivity contribution in [3.8, 4) is 5.75 Å². The minimum absolute atomic E-state index is 0. The van der Waals surface area contributed by atoms with Crippen molar-refractivity contribution in [1.82, 2.24) is 4.90 Å². The Balaban J connectivity index is 0.00000208. The molecule has 2 aromatic carbocycles. The van der Waals surface area contributed by atoms with Crippen LogP contribution >= 0.6 is 24.0 Å². The first-order chi connectivity index (χ1) is 11.0. The number of aliphatic imine (C=N–C) groups is 1. The first kappa shape index (κ1) is 18.6. The summed E-state index contributed by atoms with van der Waals surface area (Å²) in [6, 6.07) is 10.0. The fourth-order valence-electron chi connectivity index (χ4n) is 2.91. The number of halogens is 3. The van der Waals surface area contributed by atoms with Gasteiger partial charge in [0.05, 0.1) is 7.11 Å². The molecule has 0 saturated heterocycles. The smallest absolute Gasteiger partial charge is 0.130 e. The first-order valence-corrected chi connectivity index (χ1v) is 7.74. The Morgan fingerprint density at radius 1 is 1.21 bits per heavy atom. The Morgan fingerprint density at radius 2 is 1.92 bits per heavy atom. The van der Waals surface area contributed by atoms with Crippen LogP contribution in [0.3, 0.4) is 0 Å². The van der Waals surface area contributed by atoms with E-state index in [9.17, 15) is 4.39 Å². The number of amidine groups is 1. The lowest BCUT2D eigenvalue weighted by Gasteiger charge is -2.29. The van der Waals surface area contributed by atoms with Crippen molar-refractivity contribution in [2.75, 3.05) is 21.2 Å². The number of fused-ring (bicyclic) bond motifs is 1. The molecule has 0 spiro atoms. The molecule has 24 heavy (non-hydrogen) atoms. The van der Waals surface area contributed by atoms with Gasteiger partial charge in [-0.15, -0.1) is 12.4 Å². The maximum atomic E-state index is 14.4. The van der Waals surface area contributed by atoms with Gasteiger partial charge in [-0.2, -0.15) is 0 Å². The Labute approximate surface area is 152 Å². The number of rotatable bonds is 2. The summed E-state index contributed by atoms with van der Waals surface area (Å²) in [5, 5.41) is 0.382. The molecule has 0 aromatic heterocycles. The molecular formula is C18H19Cl2FN2O. The molecule has 2 aromatic rings. The summed E-state index contributed by atoms with van der Waals surface area (Å²) in [5.41, 5.74) is 2.36. The quantitative estimate of drug-likeness (QED) is 0.778. The molecular weight excluding hydrogens is 350 g/mol. The molecule has 128 valence electrons. The van der Waals surface area contributed by atoms with E-state index in [0.29, 0.717) is 17.0 Å². The average molecular weight is 369 g/mol. The van der Waals surface area contributed by atoms with Gasteiger partial charge in [-0.3, -0.25) is 4.99 Å². The van der Waals surface area contributed by atoms with Crippen molar-refractivity contribution in [3.05, 3.63) is 63.9 Å². The van der Waals surface area contributed by atoms with E-state index in [0.717, 1.165) is 22.7 Å². The number of ether oxygens (including phenoxy) is 1. The monoisotopic (exact) mass is 368 g/mol. The summed E-state index contributed by atoms with van der Waals surface area (Å²) in [7, 11) is 5.50. The fraction of sp³-hybridized carbons (Fsp3) is 0.278. The lowest BCUT2D eigenvalue weighted by molar-refractivity contribution is 0.408. The van der Waals surface area contributed by atoms with Gasteiger partial charge in [0.25, 0.3) is 0 Å². The van der Waals surface area contributed by atoms with E-state index < -0.39 is 6.04 Å². The molecule has 1 atom stereocenters. The molecule has 0 bridgehead atoms. The Bertz CT molecular complexity index is 757. The van der Waals surface area contributed by atoms with Crippen LogP contribution < -0.4 is 4.74 Å². The third-order valence-electron chi connectivity index (χ3n) is 4.09. The van der Waals surface area contributed by atoms with Gasteiger partial charge in [0.15, 0.2) is 0 Å². The molecule has 1 aliphatic heterocycles. The van der Waals surface area contributed by atoms with Crippen molar-refractivity contribution in [1.29, 1.82) is 0 Å². The van der Waals surface area contributed by atoms with Gasteiger partial charge in [-0.1, -0.05) is 29.8 Å². The number of hydrogen-bond donors (Lipinski definition) is 0. The average Bonchev–Trinajstić information content (AvgIpc) is 2.53. The molecule has 1 aliphatic rings. The Kier molecular flexibility index (Phi) is 5.73. The second kappa shape index (κ2) is 7.41. The zero-order valence-electron chi connectivity index (χ0n) is 13.7. The number of benzene rings is 2. The van der Waals surface area contributed by atoms with Crippen molar-refractivity contribution in [2.24, 2.45) is 4.99 Å². The van der Waals surface area contributed by atoms with Gasteiger partial charge in [0.1, 0.15) is 23.4 Å². The van der Waals surface area contributed by atoms with Gasteiger partial charge in [0, 0.05) is 36.7 Å². The molecule has 0 saturated carbocycles. The highest BCUT2D eigenvalue weighted by atomic mass is 35.5. The molecule has 3 nitrogen and oxygen atoms in total. The second-order valence-corrected chi connectivity index (χ2v) is 6.09. The summed E-state index contributed by atoms with van der Waals surface area (Å²) in [6.07, 6.45) is 0.648. The molecule has 0 fully saturated rings. The van der Waals surface area contributed by atoms with E-state index in [2.05, 4.69) is 0 Å². The predicted octanol–water partition coefficient (Wildman–Crippen LogP) is 4.52. The second-order valence-electron chi connectivity index (χ2n) is 5.68. The molecule has 0 radical (unpaired) electrons. The molecule has 6 heteroatoms. The van der Waals surface area contributed by atoms with Crippen LogP contribution in [-0.4, -0.2) is 31.9 Å². The largest absolute Gasteiger partial charge is 0.496 e. The van der Waals surface area contributed by atoms with Gasteiger partial charge < -0.3 is 9.64 Å². The lowest BCUT2D eigenvalue weighted by Crippen LogP contribution is -2.29. The predicted molar refractivity (Wildman–Crippen MR) is 98.3 cm³/mol. The van der Waals surface area contributed by atoms with Crippen LogP contribution in [0.1, 0.15) is 22.7 Å². The number of methoxy groups -OCH3 is 1. The van der Waals surface area contributed by atoms with Gasteiger partial charge >= 0.3 is 0 Å². The van der Waals surface area contributed by atoms with E-state index in [1.54, 1.807) is 19.2 Å². The maximum Gasteiger partial charge on any atom is 0.130 e. The van der Waals surface area contributed by atoms with Crippen molar-refractivity contribution < 1.29 is 9.13 Å². The van der Waals surface area contributed by atoms with Crippen LogP contribution in [0.4, 0.5) is 4.39 Å². The fourth-order valence-corrected chi connectivity index (χ4v) is 3.17. The van der Waals surface area contributed by atoms with E-state index in [1.807, 2.05) is 37.2 Å². The molecule has 1 heterocycles. The van der Waals surface area contributed by atoms with Gasteiger partial charge in [0.2, 0.25) is 0 Å². The summed E-state index contributed by atoms with van der Waals surface area (Å²) >= 11 is 6.28. The minimum atomic E-state index is -0.472. The maximum absolute atomic E-state index is 14.4. The highest BCUT2D eigenvalue weighted by molar-refractivity contribution is 6.31. The van der Waals surface area contributed by atoms with E-state index in [-0.39, 0.29) is 18.2 Å². The highest BCUT2D eigenvalue weighted by Gasteiger charge is 2.29. The summed E-state index contributed by atoms with van der Waals surface area (Å²) < 4.78 is 19.9. The van der Waals surface area contributed by atoms with Crippen LogP contribution in [0, 0.1) is 5.82 Å². The SMILES string of the molecule is COc1cccc2c1CC(N(C)C)=NC2c1c(F)cccc1Cl.Cl. The highest BCUT2D eigenvalue weighted by Crippen LogP contribution is 2.40. The van der Waals surface area contributed by atoms with Crippen molar-refractivity contribution in [3.63, 3.8) is 0 Å². The topological polar surface area (TPSA) is 24.8 Å². The first-order valence-electron chi connectivity index (χ1n) is 7.36. The van der Waals surface area contributed by atoms with Crippen LogP contribution in [0.25, 0.3) is 0 Å². The molecule has 1 unspecified atom stereocenters. The van der Waals surface area contributed by atoms with E-state index in [1.165, 1.54) is 6.07 Å². The third kappa shape index (κ3) is 3.21. The van der Waals surface area contributed by atoms with Crippen LogP contribution in [0.2, 0.25) is 5.02 Å². The van der Waals surface area contributed by atoms with Crippen molar-refractivity contribution in [2.45, 2.75) is 12.5 Å². The summed E-state index contributed by atoms with van der Waals surface area (Å²) in [6.45, 7) is 0. The Hall–Kier alpha value is -1.78. The normalized spacial score (nSPS) is 15.9. The zero-order valence-corrected chi connectivity index (χ0v) is 15.3. The number of likely N-dealkylation sites (N-methyl/N-ethyl adjacent to an activating group) is 1. The van der Waals surface area contributed by atoms with E-state index in [4.69, 9.17) is 21.3 Å². The van der Waals surface area contributed by atoms with Crippen LogP contribution in [-0.2, 0) is 6.42 Å². The van der Waals surface area contributed by atoms with E-state index >= 15 is 0 Å². The van der Waals surface area contributed by atoms with Gasteiger partial charge in [-0.25, -0.2) is 4.39 Å². The lowest BCUT2D eigenvalue weighted by atomic mass is 9.89.